The van der Waals surface area contributed by atoms with Gasteiger partial charge in [-0.25, -0.2) is 4.79 Å². The zero-order valence-electron chi connectivity index (χ0n) is 9.23. The van der Waals surface area contributed by atoms with E-state index in [4.69, 9.17) is 16.7 Å². The Morgan fingerprint density at radius 1 is 1.53 bits per heavy atom. The molecule has 7 heteroatoms. The Kier molecular flexibility index (Phi) is 3.57. The SMILES string of the molecule is CC(C)(Nc1ccc([N+](=O)[O-])cc1Cl)C(=O)O. The number of aliphatic carboxylic acids is 1. The fourth-order valence-corrected chi connectivity index (χ4v) is 1.33. The summed E-state index contributed by atoms with van der Waals surface area (Å²) >= 11 is 5.82. The first-order valence-electron chi connectivity index (χ1n) is 4.69. The third-order valence-corrected chi connectivity index (χ3v) is 2.46. The number of nitrogens with zero attached hydrogens (tertiary/aromatic N) is 1. The number of halogens is 1. The van der Waals surface area contributed by atoms with Crippen LogP contribution in [0.15, 0.2) is 18.2 Å². The molecule has 0 aliphatic rings. The molecule has 0 fully saturated rings. The molecule has 0 spiro atoms. The molecule has 0 heterocycles. The van der Waals surface area contributed by atoms with Crippen molar-refractivity contribution in [3.05, 3.63) is 33.3 Å². The highest BCUT2D eigenvalue weighted by Crippen LogP contribution is 2.28. The lowest BCUT2D eigenvalue weighted by molar-refractivity contribution is -0.384. The minimum atomic E-state index is -1.21. The summed E-state index contributed by atoms with van der Waals surface area (Å²) in [4.78, 5) is 20.8. The second kappa shape index (κ2) is 4.58. The molecule has 0 saturated heterocycles. The number of hydrogen-bond acceptors (Lipinski definition) is 4. The minimum Gasteiger partial charge on any atom is -0.480 e. The average molecular weight is 259 g/mol. The van der Waals surface area contributed by atoms with E-state index in [2.05, 4.69) is 5.32 Å². The maximum atomic E-state index is 10.9. The van der Waals surface area contributed by atoms with Crippen molar-refractivity contribution >= 4 is 28.9 Å². The van der Waals surface area contributed by atoms with Crippen molar-refractivity contribution in [3.8, 4) is 0 Å². The molecule has 0 amide bonds. The molecule has 0 bridgehead atoms. The summed E-state index contributed by atoms with van der Waals surface area (Å²) in [6, 6.07) is 3.80. The smallest absolute Gasteiger partial charge is 0.328 e. The summed E-state index contributed by atoms with van der Waals surface area (Å²) in [6.07, 6.45) is 0. The van der Waals surface area contributed by atoms with E-state index in [1.165, 1.54) is 32.0 Å². The van der Waals surface area contributed by atoms with E-state index in [1.807, 2.05) is 0 Å². The topological polar surface area (TPSA) is 92.5 Å². The number of rotatable bonds is 4. The van der Waals surface area contributed by atoms with Crippen LogP contribution in [-0.2, 0) is 4.79 Å². The number of carbonyl (C=O) groups is 1. The fourth-order valence-electron chi connectivity index (χ4n) is 1.11. The fraction of sp³-hybridized carbons (Fsp3) is 0.300. The van der Waals surface area contributed by atoms with Crippen LogP contribution in [0.3, 0.4) is 0 Å². The van der Waals surface area contributed by atoms with Gasteiger partial charge in [-0.1, -0.05) is 11.6 Å². The van der Waals surface area contributed by atoms with Gasteiger partial charge in [-0.15, -0.1) is 0 Å². The van der Waals surface area contributed by atoms with Crippen molar-refractivity contribution in [1.82, 2.24) is 0 Å². The molecule has 0 aromatic heterocycles. The zero-order valence-corrected chi connectivity index (χ0v) is 9.99. The number of anilines is 1. The van der Waals surface area contributed by atoms with Crippen LogP contribution in [0.5, 0.6) is 0 Å². The van der Waals surface area contributed by atoms with Gasteiger partial charge in [0.1, 0.15) is 5.54 Å². The molecular formula is C10H11ClN2O4. The van der Waals surface area contributed by atoms with Gasteiger partial charge in [0.15, 0.2) is 0 Å². The molecule has 92 valence electrons. The maximum absolute atomic E-state index is 10.9. The van der Waals surface area contributed by atoms with Crippen LogP contribution in [0.1, 0.15) is 13.8 Å². The summed E-state index contributed by atoms with van der Waals surface area (Å²) in [5.41, 5.74) is -1.02. The molecule has 0 atom stereocenters. The van der Waals surface area contributed by atoms with Crippen LogP contribution in [0, 0.1) is 10.1 Å². The van der Waals surface area contributed by atoms with Gasteiger partial charge in [0.05, 0.1) is 15.6 Å². The molecule has 1 rings (SSSR count). The van der Waals surface area contributed by atoms with Crippen LogP contribution in [0.4, 0.5) is 11.4 Å². The Morgan fingerprint density at radius 2 is 2.12 bits per heavy atom. The first kappa shape index (κ1) is 13.2. The summed E-state index contributed by atoms with van der Waals surface area (Å²) in [6.45, 7) is 2.93. The number of benzene rings is 1. The molecule has 2 N–H and O–H groups in total. The van der Waals surface area contributed by atoms with Gasteiger partial charge in [-0.3, -0.25) is 10.1 Å². The molecular weight excluding hydrogens is 248 g/mol. The highest BCUT2D eigenvalue weighted by molar-refractivity contribution is 6.33. The van der Waals surface area contributed by atoms with E-state index < -0.39 is 16.4 Å². The molecule has 1 aromatic rings. The lowest BCUT2D eigenvalue weighted by Crippen LogP contribution is -2.40. The van der Waals surface area contributed by atoms with Crippen LogP contribution < -0.4 is 5.32 Å². The normalized spacial score (nSPS) is 11.0. The Morgan fingerprint density at radius 3 is 2.53 bits per heavy atom. The average Bonchev–Trinajstić information content (AvgIpc) is 2.20. The number of carboxylic acids is 1. The predicted molar refractivity (Wildman–Crippen MR) is 63.4 cm³/mol. The molecule has 1 aromatic carbocycles. The number of nitro groups is 1. The second-order valence-electron chi connectivity index (χ2n) is 3.98. The monoisotopic (exact) mass is 258 g/mol. The van der Waals surface area contributed by atoms with Gasteiger partial charge in [0.25, 0.3) is 5.69 Å². The van der Waals surface area contributed by atoms with Gasteiger partial charge < -0.3 is 10.4 Å². The highest BCUT2D eigenvalue weighted by Gasteiger charge is 2.27. The Bertz CT molecular complexity index is 473. The van der Waals surface area contributed by atoms with Crippen molar-refractivity contribution < 1.29 is 14.8 Å². The van der Waals surface area contributed by atoms with Gasteiger partial charge in [0.2, 0.25) is 0 Å². The van der Waals surface area contributed by atoms with Crippen molar-refractivity contribution in [2.45, 2.75) is 19.4 Å². The lowest BCUT2D eigenvalue weighted by atomic mass is 10.1. The van der Waals surface area contributed by atoms with E-state index in [1.54, 1.807) is 0 Å². The molecule has 17 heavy (non-hydrogen) atoms. The van der Waals surface area contributed by atoms with Crippen molar-refractivity contribution in [2.75, 3.05) is 5.32 Å². The van der Waals surface area contributed by atoms with Gasteiger partial charge >= 0.3 is 5.97 Å². The van der Waals surface area contributed by atoms with Gasteiger partial charge in [0, 0.05) is 12.1 Å². The van der Waals surface area contributed by atoms with Gasteiger partial charge in [-0.05, 0) is 19.9 Å². The standard InChI is InChI=1S/C10H11ClN2O4/c1-10(2,9(14)15)12-8-4-3-6(13(16)17)5-7(8)11/h3-5,12H,1-2H3,(H,14,15). The summed E-state index contributed by atoms with van der Waals surface area (Å²) in [7, 11) is 0. The van der Waals surface area contributed by atoms with E-state index in [-0.39, 0.29) is 10.7 Å². The van der Waals surface area contributed by atoms with Crippen molar-refractivity contribution in [2.24, 2.45) is 0 Å². The third-order valence-electron chi connectivity index (χ3n) is 2.15. The summed E-state index contributed by atoms with van der Waals surface area (Å²) in [5.74, 6) is -1.05. The highest BCUT2D eigenvalue weighted by atomic mass is 35.5. The second-order valence-corrected chi connectivity index (χ2v) is 4.38. The number of hydrogen-bond donors (Lipinski definition) is 2. The quantitative estimate of drug-likeness (QED) is 0.639. The van der Waals surface area contributed by atoms with Gasteiger partial charge in [-0.2, -0.15) is 0 Å². The van der Waals surface area contributed by atoms with E-state index in [0.29, 0.717) is 5.69 Å². The van der Waals surface area contributed by atoms with E-state index >= 15 is 0 Å². The molecule has 6 nitrogen and oxygen atoms in total. The Labute approximate surface area is 102 Å². The zero-order chi connectivity index (χ0) is 13.2. The van der Waals surface area contributed by atoms with E-state index in [0.717, 1.165) is 0 Å². The molecule has 0 unspecified atom stereocenters. The Balaban J connectivity index is 3.02. The molecule has 0 aliphatic carbocycles. The minimum absolute atomic E-state index is 0.105. The molecule has 0 aliphatic heterocycles. The van der Waals surface area contributed by atoms with Crippen molar-refractivity contribution in [1.29, 1.82) is 0 Å². The van der Waals surface area contributed by atoms with Crippen LogP contribution in [-0.4, -0.2) is 21.5 Å². The van der Waals surface area contributed by atoms with Crippen LogP contribution in [0.25, 0.3) is 0 Å². The maximum Gasteiger partial charge on any atom is 0.328 e. The number of non-ortho nitro benzene ring substituents is 1. The predicted octanol–water partition coefficient (Wildman–Crippen LogP) is 2.52. The number of nitro benzene ring substituents is 1. The molecule has 0 saturated carbocycles. The van der Waals surface area contributed by atoms with Crippen LogP contribution >= 0.6 is 11.6 Å². The third kappa shape index (κ3) is 3.07. The summed E-state index contributed by atoms with van der Waals surface area (Å²) in [5, 5.41) is 22.2. The first-order chi connectivity index (χ1) is 7.74. The molecule has 0 radical (unpaired) electrons. The number of carboxylic acid groups (broad SMARTS) is 1. The van der Waals surface area contributed by atoms with Crippen molar-refractivity contribution in [3.63, 3.8) is 0 Å². The number of nitrogens with one attached hydrogen (secondary N) is 1. The van der Waals surface area contributed by atoms with E-state index in [9.17, 15) is 14.9 Å². The summed E-state index contributed by atoms with van der Waals surface area (Å²) < 4.78 is 0. The van der Waals surface area contributed by atoms with Crippen LogP contribution in [0.2, 0.25) is 5.02 Å². The Hall–Kier alpha value is -1.82. The first-order valence-corrected chi connectivity index (χ1v) is 5.07. The largest absolute Gasteiger partial charge is 0.480 e. The lowest BCUT2D eigenvalue weighted by Gasteiger charge is -2.22.